The standard InChI is InChI=1S/C22H35N5O.HI/c1-5-23-22(25-11-14-28-13-9-18(2)3)26-16-20-7-6-8-21(15-20)17-27-12-10-24-19(27)4;/h6-8,10,12,15,18H,5,9,11,13-14,16-17H2,1-4H3,(H2,23,25,26);1H. The second-order valence-corrected chi connectivity index (χ2v) is 7.34. The van der Waals surface area contributed by atoms with Gasteiger partial charge >= 0.3 is 0 Å². The number of benzene rings is 1. The Labute approximate surface area is 192 Å². The minimum Gasteiger partial charge on any atom is -0.380 e. The highest BCUT2D eigenvalue weighted by Crippen LogP contribution is 2.09. The Morgan fingerprint density at radius 1 is 1.21 bits per heavy atom. The molecule has 162 valence electrons. The smallest absolute Gasteiger partial charge is 0.191 e. The van der Waals surface area contributed by atoms with E-state index in [1.54, 1.807) is 0 Å². The van der Waals surface area contributed by atoms with E-state index >= 15 is 0 Å². The van der Waals surface area contributed by atoms with Gasteiger partial charge in [-0.15, -0.1) is 24.0 Å². The van der Waals surface area contributed by atoms with Gasteiger partial charge in [0.1, 0.15) is 5.82 Å². The molecule has 1 heterocycles. The molecule has 0 fully saturated rings. The van der Waals surface area contributed by atoms with Crippen molar-refractivity contribution >= 4 is 29.9 Å². The van der Waals surface area contributed by atoms with Gasteiger partial charge in [0.15, 0.2) is 5.96 Å². The van der Waals surface area contributed by atoms with Gasteiger partial charge < -0.3 is 19.9 Å². The molecular formula is C22H36IN5O. The maximum atomic E-state index is 5.66. The number of aryl methyl sites for hydroxylation is 1. The van der Waals surface area contributed by atoms with Crippen molar-refractivity contribution in [1.82, 2.24) is 20.2 Å². The zero-order valence-corrected chi connectivity index (χ0v) is 20.5. The van der Waals surface area contributed by atoms with Crippen molar-refractivity contribution in [3.05, 3.63) is 53.6 Å². The Balaban J connectivity index is 0.00000420. The predicted molar refractivity (Wildman–Crippen MR) is 131 cm³/mol. The first-order valence-electron chi connectivity index (χ1n) is 10.2. The largest absolute Gasteiger partial charge is 0.380 e. The van der Waals surface area contributed by atoms with E-state index in [4.69, 9.17) is 9.73 Å². The predicted octanol–water partition coefficient (Wildman–Crippen LogP) is 3.98. The number of aromatic nitrogens is 2. The van der Waals surface area contributed by atoms with Crippen LogP contribution in [0.5, 0.6) is 0 Å². The molecule has 6 nitrogen and oxygen atoms in total. The first-order chi connectivity index (χ1) is 13.6. The average molecular weight is 513 g/mol. The molecule has 0 aliphatic rings. The molecule has 2 rings (SSSR count). The molecular weight excluding hydrogens is 477 g/mol. The van der Waals surface area contributed by atoms with E-state index in [1.165, 1.54) is 11.1 Å². The van der Waals surface area contributed by atoms with Gasteiger partial charge in [-0.3, -0.25) is 0 Å². The van der Waals surface area contributed by atoms with E-state index in [-0.39, 0.29) is 24.0 Å². The molecule has 0 radical (unpaired) electrons. The molecule has 2 aromatic rings. The molecule has 0 amide bonds. The maximum Gasteiger partial charge on any atom is 0.191 e. The van der Waals surface area contributed by atoms with Crippen LogP contribution in [0.1, 0.15) is 44.1 Å². The summed E-state index contributed by atoms with van der Waals surface area (Å²) in [5.41, 5.74) is 2.45. The topological polar surface area (TPSA) is 63.5 Å². The number of ether oxygens (including phenoxy) is 1. The molecule has 0 atom stereocenters. The van der Waals surface area contributed by atoms with Gasteiger partial charge in [-0.25, -0.2) is 9.98 Å². The molecule has 1 aromatic heterocycles. The lowest BCUT2D eigenvalue weighted by molar-refractivity contribution is 0.128. The normalized spacial score (nSPS) is 11.4. The van der Waals surface area contributed by atoms with Gasteiger partial charge in [0.2, 0.25) is 0 Å². The van der Waals surface area contributed by atoms with Crippen LogP contribution in [0.25, 0.3) is 0 Å². The zero-order valence-electron chi connectivity index (χ0n) is 18.1. The summed E-state index contributed by atoms with van der Waals surface area (Å²) in [6, 6.07) is 8.56. The second kappa shape index (κ2) is 14.4. The Morgan fingerprint density at radius 3 is 2.69 bits per heavy atom. The van der Waals surface area contributed by atoms with E-state index in [1.807, 2.05) is 19.3 Å². The number of aliphatic imine (C=N–C) groups is 1. The third-order valence-electron chi connectivity index (χ3n) is 4.41. The third kappa shape index (κ3) is 10.1. The van der Waals surface area contributed by atoms with Gasteiger partial charge in [0, 0.05) is 38.6 Å². The zero-order chi connectivity index (χ0) is 20.2. The van der Waals surface area contributed by atoms with E-state index < -0.39 is 0 Å². The number of rotatable bonds is 11. The molecule has 0 aliphatic carbocycles. The summed E-state index contributed by atoms with van der Waals surface area (Å²) in [6.45, 7) is 13.1. The van der Waals surface area contributed by atoms with Crippen molar-refractivity contribution in [1.29, 1.82) is 0 Å². The lowest BCUT2D eigenvalue weighted by Crippen LogP contribution is -2.39. The summed E-state index contributed by atoms with van der Waals surface area (Å²) in [5, 5.41) is 6.63. The quantitative estimate of drug-likeness (QED) is 0.207. The van der Waals surface area contributed by atoms with Gasteiger partial charge in [-0.2, -0.15) is 0 Å². The van der Waals surface area contributed by atoms with Gasteiger partial charge in [0.05, 0.1) is 13.2 Å². The van der Waals surface area contributed by atoms with Gasteiger partial charge in [0.25, 0.3) is 0 Å². The molecule has 2 N–H and O–H groups in total. The Hall–Kier alpha value is -1.61. The third-order valence-corrected chi connectivity index (χ3v) is 4.41. The fourth-order valence-electron chi connectivity index (χ4n) is 2.77. The number of nitrogens with zero attached hydrogens (tertiary/aromatic N) is 3. The monoisotopic (exact) mass is 513 g/mol. The summed E-state index contributed by atoms with van der Waals surface area (Å²) >= 11 is 0. The lowest BCUT2D eigenvalue weighted by Gasteiger charge is -2.12. The fourth-order valence-corrected chi connectivity index (χ4v) is 2.77. The van der Waals surface area contributed by atoms with Crippen LogP contribution in [0.2, 0.25) is 0 Å². The molecule has 0 saturated carbocycles. The SMILES string of the molecule is CCNC(=NCc1cccc(Cn2ccnc2C)c1)NCCOCCC(C)C.I. The molecule has 1 aromatic carbocycles. The van der Waals surface area contributed by atoms with Crippen LogP contribution in [0.15, 0.2) is 41.7 Å². The van der Waals surface area contributed by atoms with Crippen LogP contribution in [0, 0.1) is 12.8 Å². The number of nitrogens with one attached hydrogen (secondary N) is 2. The molecule has 29 heavy (non-hydrogen) atoms. The highest BCUT2D eigenvalue weighted by atomic mass is 127. The van der Waals surface area contributed by atoms with Crippen molar-refractivity contribution in [3.8, 4) is 0 Å². The Kier molecular flexibility index (Phi) is 12.6. The second-order valence-electron chi connectivity index (χ2n) is 7.34. The van der Waals surface area contributed by atoms with Crippen molar-refractivity contribution in [3.63, 3.8) is 0 Å². The molecule has 0 saturated heterocycles. The number of halogens is 1. The van der Waals surface area contributed by atoms with Crippen LogP contribution in [-0.2, 0) is 17.8 Å². The first kappa shape index (κ1) is 25.4. The van der Waals surface area contributed by atoms with Crippen molar-refractivity contribution in [2.24, 2.45) is 10.9 Å². The lowest BCUT2D eigenvalue weighted by atomic mass is 10.1. The summed E-state index contributed by atoms with van der Waals surface area (Å²) in [6.07, 6.45) is 4.95. The summed E-state index contributed by atoms with van der Waals surface area (Å²) in [4.78, 5) is 8.99. The van der Waals surface area contributed by atoms with Crippen LogP contribution >= 0.6 is 24.0 Å². The maximum absolute atomic E-state index is 5.66. The molecule has 0 aliphatic heterocycles. The van der Waals surface area contributed by atoms with E-state index in [2.05, 4.69) is 65.2 Å². The summed E-state index contributed by atoms with van der Waals surface area (Å²) < 4.78 is 7.80. The van der Waals surface area contributed by atoms with Gasteiger partial charge in [-0.1, -0.05) is 38.1 Å². The number of imidazole rings is 1. The number of hydrogen-bond donors (Lipinski definition) is 2. The molecule has 0 spiro atoms. The summed E-state index contributed by atoms with van der Waals surface area (Å²) in [7, 11) is 0. The molecule has 0 unspecified atom stereocenters. The number of guanidine groups is 1. The van der Waals surface area contributed by atoms with Crippen LogP contribution in [0.3, 0.4) is 0 Å². The fraction of sp³-hybridized carbons (Fsp3) is 0.545. The van der Waals surface area contributed by atoms with Crippen molar-refractivity contribution in [2.45, 2.75) is 47.2 Å². The van der Waals surface area contributed by atoms with Crippen LogP contribution in [-0.4, -0.2) is 41.8 Å². The van der Waals surface area contributed by atoms with Crippen LogP contribution in [0.4, 0.5) is 0 Å². The van der Waals surface area contributed by atoms with E-state index in [0.717, 1.165) is 44.4 Å². The highest BCUT2D eigenvalue weighted by Gasteiger charge is 2.02. The Morgan fingerprint density at radius 2 is 2.00 bits per heavy atom. The Bertz CT molecular complexity index is 729. The van der Waals surface area contributed by atoms with E-state index in [9.17, 15) is 0 Å². The van der Waals surface area contributed by atoms with Crippen molar-refractivity contribution in [2.75, 3.05) is 26.3 Å². The highest BCUT2D eigenvalue weighted by molar-refractivity contribution is 14.0. The van der Waals surface area contributed by atoms with Gasteiger partial charge in [-0.05, 0) is 37.3 Å². The van der Waals surface area contributed by atoms with Crippen molar-refractivity contribution < 1.29 is 4.74 Å². The van der Waals surface area contributed by atoms with Crippen LogP contribution < -0.4 is 10.6 Å². The summed E-state index contributed by atoms with van der Waals surface area (Å²) in [5.74, 6) is 2.53. The molecule has 7 heteroatoms. The number of hydrogen-bond acceptors (Lipinski definition) is 3. The minimum atomic E-state index is 0. The minimum absolute atomic E-state index is 0. The van der Waals surface area contributed by atoms with E-state index in [0.29, 0.717) is 19.1 Å². The average Bonchev–Trinajstić information content (AvgIpc) is 3.07. The first-order valence-corrected chi connectivity index (χ1v) is 10.2. The molecule has 0 bridgehead atoms.